The van der Waals surface area contributed by atoms with E-state index in [0.29, 0.717) is 11.3 Å². The molecule has 3 N–H and O–H groups in total. The van der Waals surface area contributed by atoms with E-state index in [1.807, 2.05) is 30.3 Å². The van der Waals surface area contributed by atoms with Crippen molar-refractivity contribution in [2.24, 2.45) is 16.6 Å². The van der Waals surface area contributed by atoms with Gasteiger partial charge in [0.25, 0.3) is 5.56 Å². The fourth-order valence-corrected chi connectivity index (χ4v) is 2.93. The number of aromatic nitrogens is 1. The zero-order valence-electron chi connectivity index (χ0n) is 12.7. The van der Waals surface area contributed by atoms with Crippen molar-refractivity contribution in [2.45, 2.75) is 12.8 Å². The first-order valence-electron chi connectivity index (χ1n) is 7.40. The van der Waals surface area contributed by atoms with Crippen LogP contribution in [0.4, 0.5) is 5.69 Å². The number of hydrogen-bond acceptors (Lipinski definition) is 5. The Kier molecular flexibility index (Phi) is 3.97. The van der Waals surface area contributed by atoms with E-state index in [2.05, 4.69) is 9.98 Å². The number of amidine groups is 1. The van der Waals surface area contributed by atoms with Crippen LogP contribution in [-0.2, 0) is 9.53 Å². The summed E-state index contributed by atoms with van der Waals surface area (Å²) in [4.78, 5) is 31.7. The van der Waals surface area contributed by atoms with Crippen molar-refractivity contribution < 1.29 is 9.53 Å². The van der Waals surface area contributed by atoms with E-state index >= 15 is 0 Å². The summed E-state index contributed by atoms with van der Waals surface area (Å²) < 4.78 is 5.15. The molecule has 2 aromatic rings. The Balaban J connectivity index is 2.22. The number of H-pyrrole nitrogens is 1. The molecule has 0 saturated heterocycles. The van der Waals surface area contributed by atoms with Crippen LogP contribution in [0.15, 0.2) is 52.4 Å². The lowest BCUT2D eigenvalue weighted by Crippen LogP contribution is -2.41. The lowest BCUT2D eigenvalue weighted by Gasteiger charge is -2.29. The Bertz CT molecular complexity index is 811. The Labute approximate surface area is 133 Å². The Hall–Kier alpha value is -2.89. The molecular weight excluding hydrogens is 294 g/mol. The number of ether oxygens (including phenoxy) is 1. The second kappa shape index (κ2) is 6.08. The molecule has 0 radical (unpaired) electrons. The molecule has 23 heavy (non-hydrogen) atoms. The summed E-state index contributed by atoms with van der Waals surface area (Å²) in [5.41, 5.74) is 7.51. The number of pyridine rings is 1. The molecule has 6 heteroatoms. The van der Waals surface area contributed by atoms with Crippen molar-refractivity contribution >= 4 is 17.5 Å². The van der Waals surface area contributed by atoms with E-state index in [0.717, 1.165) is 5.56 Å². The minimum absolute atomic E-state index is 0.162. The number of aromatic amines is 1. The third-order valence-electron chi connectivity index (χ3n) is 3.89. The highest BCUT2D eigenvalue weighted by atomic mass is 16.5. The maximum Gasteiger partial charge on any atom is 0.317 e. The zero-order chi connectivity index (χ0) is 16.4. The second-order valence-electron chi connectivity index (χ2n) is 5.26. The smallest absolute Gasteiger partial charge is 0.317 e. The van der Waals surface area contributed by atoms with Crippen LogP contribution in [0.3, 0.4) is 0 Å². The number of nitrogens with one attached hydrogen (secondary N) is 1. The molecule has 0 saturated carbocycles. The molecule has 0 fully saturated rings. The average Bonchev–Trinajstić information content (AvgIpc) is 2.54. The van der Waals surface area contributed by atoms with Gasteiger partial charge in [-0.25, -0.2) is 4.99 Å². The minimum atomic E-state index is -0.812. The first-order valence-corrected chi connectivity index (χ1v) is 7.40. The quantitative estimate of drug-likeness (QED) is 0.843. The molecule has 2 heterocycles. The molecule has 2 atom stereocenters. The summed E-state index contributed by atoms with van der Waals surface area (Å²) in [7, 11) is 0. The molecule has 0 aliphatic carbocycles. The van der Waals surface area contributed by atoms with E-state index in [1.54, 1.807) is 13.0 Å². The Morgan fingerprint density at radius 2 is 2.04 bits per heavy atom. The van der Waals surface area contributed by atoms with Crippen molar-refractivity contribution in [2.75, 3.05) is 6.61 Å². The van der Waals surface area contributed by atoms with Gasteiger partial charge in [-0.05, 0) is 18.6 Å². The van der Waals surface area contributed by atoms with Crippen molar-refractivity contribution in [1.82, 2.24) is 4.98 Å². The summed E-state index contributed by atoms with van der Waals surface area (Å²) in [6, 6.07) is 11.0. The van der Waals surface area contributed by atoms with E-state index in [4.69, 9.17) is 10.5 Å². The fourth-order valence-electron chi connectivity index (χ4n) is 2.93. The highest BCUT2D eigenvalue weighted by molar-refractivity contribution is 6.04. The molecule has 0 spiro atoms. The summed E-state index contributed by atoms with van der Waals surface area (Å²) >= 11 is 0. The van der Waals surface area contributed by atoms with E-state index in [-0.39, 0.29) is 18.0 Å². The number of carbonyl (C=O) groups is 1. The molecular formula is C17H17N3O3. The number of rotatable bonds is 3. The standard InChI is InChI=1S/C17H17N3O3/c1-2-23-17(22)14-12(10-6-4-3-5-7-10)13-11(20-15(14)18)8-9-19-16(13)21/h3-9,12,14H,2H2,1H3,(H2,18,20)(H,19,21). The number of benzene rings is 1. The lowest BCUT2D eigenvalue weighted by atomic mass is 9.78. The van der Waals surface area contributed by atoms with Crippen LogP contribution in [-0.4, -0.2) is 23.4 Å². The Morgan fingerprint density at radius 1 is 1.30 bits per heavy atom. The first kappa shape index (κ1) is 15.0. The van der Waals surface area contributed by atoms with Crippen LogP contribution >= 0.6 is 0 Å². The largest absolute Gasteiger partial charge is 0.465 e. The average molecular weight is 311 g/mol. The zero-order valence-corrected chi connectivity index (χ0v) is 12.7. The topological polar surface area (TPSA) is 97.5 Å². The highest BCUT2D eigenvalue weighted by Crippen LogP contribution is 2.39. The van der Waals surface area contributed by atoms with Gasteiger partial charge < -0.3 is 15.5 Å². The van der Waals surface area contributed by atoms with Crippen LogP contribution in [0.5, 0.6) is 0 Å². The third kappa shape index (κ3) is 2.63. The highest BCUT2D eigenvalue weighted by Gasteiger charge is 2.40. The third-order valence-corrected chi connectivity index (χ3v) is 3.89. The number of carbonyl (C=O) groups excluding carboxylic acids is 1. The van der Waals surface area contributed by atoms with Gasteiger partial charge in [-0.3, -0.25) is 9.59 Å². The van der Waals surface area contributed by atoms with Crippen LogP contribution < -0.4 is 11.3 Å². The molecule has 6 nitrogen and oxygen atoms in total. The number of fused-ring (bicyclic) bond motifs is 1. The minimum Gasteiger partial charge on any atom is -0.465 e. The lowest BCUT2D eigenvalue weighted by molar-refractivity contribution is -0.146. The monoisotopic (exact) mass is 311 g/mol. The maximum atomic E-state index is 12.4. The molecule has 0 amide bonds. The predicted octanol–water partition coefficient (Wildman–Crippen LogP) is 1.69. The molecule has 1 aromatic carbocycles. The van der Waals surface area contributed by atoms with Gasteiger partial charge >= 0.3 is 5.97 Å². The van der Waals surface area contributed by atoms with E-state index in [9.17, 15) is 9.59 Å². The molecule has 1 aliphatic heterocycles. The van der Waals surface area contributed by atoms with Gasteiger partial charge in [0.05, 0.1) is 17.9 Å². The van der Waals surface area contributed by atoms with Gasteiger partial charge in [0.15, 0.2) is 0 Å². The molecule has 118 valence electrons. The summed E-state index contributed by atoms with van der Waals surface area (Å²) in [6.07, 6.45) is 1.52. The van der Waals surface area contributed by atoms with Crippen LogP contribution in [0.25, 0.3) is 0 Å². The van der Waals surface area contributed by atoms with Crippen LogP contribution in [0.2, 0.25) is 0 Å². The van der Waals surface area contributed by atoms with Gasteiger partial charge in [0.2, 0.25) is 0 Å². The number of hydrogen-bond donors (Lipinski definition) is 2. The molecule has 1 aliphatic rings. The SMILES string of the molecule is CCOC(=O)C1C(N)=Nc2cc[nH]c(=O)c2C1c1ccccc1. The van der Waals surface area contributed by atoms with Crippen LogP contribution in [0, 0.1) is 5.92 Å². The second-order valence-corrected chi connectivity index (χ2v) is 5.26. The van der Waals surface area contributed by atoms with Gasteiger partial charge in [-0.2, -0.15) is 0 Å². The van der Waals surface area contributed by atoms with Crippen molar-refractivity contribution in [3.63, 3.8) is 0 Å². The van der Waals surface area contributed by atoms with Gasteiger partial charge in [0, 0.05) is 12.1 Å². The number of esters is 1. The number of nitrogens with two attached hydrogens (primary N) is 1. The number of aliphatic imine (C=N–C) groups is 1. The van der Waals surface area contributed by atoms with E-state index < -0.39 is 17.8 Å². The summed E-state index contributed by atoms with van der Waals surface area (Å²) in [6.45, 7) is 1.97. The number of nitrogens with zero attached hydrogens (tertiary/aromatic N) is 1. The van der Waals surface area contributed by atoms with Gasteiger partial charge in [0.1, 0.15) is 11.8 Å². The maximum absolute atomic E-state index is 12.4. The molecule has 1 aromatic heterocycles. The first-order chi connectivity index (χ1) is 11.1. The normalized spacial score (nSPS) is 19.6. The van der Waals surface area contributed by atoms with Crippen LogP contribution in [0.1, 0.15) is 24.0 Å². The van der Waals surface area contributed by atoms with Gasteiger partial charge in [-0.15, -0.1) is 0 Å². The van der Waals surface area contributed by atoms with E-state index in [1.165, 1.54) is 6.20 Å². The molecule has 3 rings (SSSR count). The predicted molar refractivity (Wildman–Crippen MR) is 86.8 cm³/mol. The summed E-state index contributed by atoms with van der Waals surface area (Å²) in [5.74, 6) is -1.65. The van der Waals surface area contributed by atoms with Crippen molar-refractivity contribution in [1.29, 1.82) is 0 Å². The fraction of sp³-hybridized carbons (Fsp3) is 0.235. The molecule has 2 unspecified atom stereocenters. The summed E-state index contributed by atoms with van der Waals surface area (Å²) in [5, 5.41) is 0. The van der Waals surface area contributed by atoms with Crippen molar-refractivity contribution in [3.05, 3.63) is 64.1 Å². The Morgan fingerprint density at radius 3 is 2.74 bits per heavy atom. The van der Waals surface area contributed by atoms with Crippen molar-refractivity contribution in [3.8, 4) is 0 Å². The molecule has 0 bridgehead atoms. The van der Waals surface area contributed by atoms with Gasteiger partial charge in [-0.1, -0.05) is 30.3 Å².